The second kappa shape index (κ2) is 8.48. The van der Waals surface area contributed by atoms with E-state index < -0.39 is 12.2 Å². The summed E-state index contributed by atoms with van der Waals surface area (Å²) >= 11 is 0. The van der Waals surface area contributed by atoms with E-state index in [2.05, 4.69) is 13.2 Å². The average molecular weight is 240 g/mol. The van der Waals surface area contributed by atoms with Gasteiger partial charge in [0.25, 0.3) is 0 Å². The minimum absolute atomic E-state index is 0.422. The lowest BCUT2D eigenvalue weighted by Gasteiger charge is -2.21. The summed E-state index contributed by atoms with van der Waals surface area (Å²) in [5.41, 5.74) is 2.34. The lowest BCUT2D eigenvalue weighted by molar-refractivity contribution is 0.00980. The van der Waals surface area contributed by atoms with Crippen molar-refractivity contribution in [3.63, 3.8) is 0 Å². The molecule has 0 saturated carbocycles. The van der Waals surface area contributed by atoms with Gasteiger partial charge in [-0.05, 0) is 51.9 Å². The molecule has 0 unspecified atom stereocenters. The van der Waals surface area contributed by atoms with E-state index in [1.807, 2.05) is 20.8 Å². The largest absolute Gasteiger partial charge is 0.390 e. The van der Waals surface area contributed by atoms with E-state index in [4.69, 9.17) is 0 Å². The summed E-state index contributed by atoms with van der Waals surface area (Å²) in [4.78, 5) is 0. The summed E-state index contributed by atoms with van der Waals surface area (Å²) in [5.74, 6) is 0.422. The van der Waals surface area contributed by atoms with E-state index in [1.165, 1.54) is 5.57 Å². The highest BCUT2D eigenvalue weighted by Gasteiger charge is 2.17. The zero-order chi connectivity index (χ0) is 13.4. The predicted octanol–water partition coefficient (Wildman–Crippen LogP) is 3.45. The maximum Gasteiger partial charge on any atom is 0.0799 e. The van der Waals surface area contributed by atoms with Crippen molar-refractivity contribution in [3.05, 3.63) is 24.3 Å². The van der Waals surface area contributed by atoms with E-state index in [1.54, 1.807) is 0 Å². The molecule has 2 nitrogen and oxygen atoms in total. The van der Waals surface area contributed by atoms with Crippen LogP contribution in [0, 0.1) is 5.92 Å². The summed E-state index contributed by atoms with van der Waals surface area (Å²) in [7, 11) is 0. The summed E-state index contributed by atoms with van der Waals surface area (Å²) < 4.78 is 0. The molecule has 0 aliphatic heterocycles. The molecule has 0 saturated heterocycles. The SMILES string of the molecule is C=C(C)CC[C@@H](CC[C@H](O)[C@@H](O)CC)C(=C)C. The Kier molecular flexibility index (Phi) is 8.19. The first-order chi connectivity index (χ1) is 7.88. The van der Waals surface area contributed by atoms with Crippen LogP contribution in [0.15, 0.2) is 24.3 Å². The van der Waals surface area contributed by atoms with Gasteiger partial charge in [-0.2, -0.15) is 0 Å². The molecule has 0 aliphatic carbocycles. The topological polar surface area (TPSA) is 40.5 Å². The number of aliphatic hydroxyl groups is 2. The molecule has 0 aliphatic rings. The van der Waals surface area contributed by atoms with Crippen LogP contribution in [0.2, 0.25) is 0 Å². The van der Waals surface area contributed by atoms with Crippen LogP contribution < -0.4 is 0 Å². The fourth-order valence-corrected chi connectivity index (χ4v) is 1.89. The molecular formula is C15H28O2. The lowest BCUT2D eigenvalue weighted by Crippen LogP contribution is -2.25. The van der Waals surface area contributed by atoms with Crippen LogP contribution >= 0.6 is 0 Å². The summed E-state index contributed by atoms with van der Waals surface area (Å²) in [6.45, 7) is 13.9. The number of hydrogen-bond acceptors (Lipinski definition) is 2. The Morgan fingerprint density at radius 1 is 1.00 bits per heavy atom. The van der Waals surface area contributed by atoms with Gasteiger partial charge in [-0.25, -0.2) is 0 Å². The highest BCUT2D eigenvalue weighted by molar-refractivity contribution is 4.99. The van der Waals surface area contributed by atoms with Crippen molar-refractivity contribution in [2.24, 2.45) is 5.92 Å². The van der Waals surface area contributed by atoms with Crippen LogP contribution in [0.3, 0.4) is 0 Å². The zero-order valence-corrected chi connectivity index (χ0v) is 11.6. The van der Waals surface area contributed by atoms with E-state index in [-0.39, 0.29) is 0 Å². The Hall–Kier alpha value is -0.600. The van der Waals surface area contributed by atoms with Crippen molar-refractivity contribution < 1.29 is 10.2 Å². The normalized spacial score (nSPS) is 16.3. The molecule has 0 aromatic carbocycles. The Bertz CT molecular complexity index is 245. The van der Waals surface area contributed by atoms with Gasteiger partial charge in [0.2, 0.25) is 0 Å². The molecule has 0 amide bonds. The van der Waals surface area contributed by atoms with Gasteiger partial charge in [-0.15, -0.1) is 6.58 Å². The third kappa shape index (κ3) is 7.35. The van der Waals surface area contributed by atoms with Crippen LogP contribution in [0.1, 0.15) is 52.9 Å². The molecule has 0 radical (unpaired) electrons. The van der Waals surface area contributed by atoms with Crippen molar-refractivity contribution in [1.29, 1.82) is 0 Å². The molecule has 2 N–H and O–H groups in total. The van der Waals surface area contributed by atoms with Crippen LogP contribution in [0.25, 0.3) is 0 Å². The molecule has 0 fully saturated rings. The van der Waals surface area contributed by atoms with Gasteiger partial charge in [0.1, 0.15) is 0 Å². The minimum Gasteiger partial charge on any atom is -0.390 e. The quantitative estimate of drug-likeness (QED) is 0.606. The number of rotatable bonds is 9. The van der Waals surface area contributed by atoms with Gasteiger partial charge >= 0.3 is 0 Å². The van der Waals surface area contributed by atoms with Crippen molar-refractivity contribution in [1.82, 2.24) is 0 Å². The smallest absolute Gasteiger partial charge is 0.0799 e. The number of aliphatic hydroxyl groups excluding tert-OH is 2. The molecule has 0 bridgehead atoms. The van der Waals surface area contributed by atoms with Crippen molar-refractivity contribution >= 4 is 0 Å². The molecule has 0 rings (SSSR count). The Morgan fingerprint density at radius 3 is 2.00 bits per heavy atom. The first kappa shape index (κ1) is 16.4. The molecule has 2 heteroatoms. The van der Waals surface area contributed by atoms with Crippen molar-refractivity contribution in [2.45, 2.75) is 65.1 Å². The van der Waals surface area contributed by atoms with Gasteiger partial charge in [-0.3, -0.25) is 0 Å². The molecule has 3 atom stereocenters. The second-order valence-corrected chi connectivity index (χ2v) is 5.16. The third-order valence-corrected chi connectivity index (χ3v) is 3.29. The molecule has 0 aromatic rings. The molecule has 0 heterocycles. The van der Waals surface area contributed by atoms with Crippen LogP contribution in [-0.4, -0.2) is 22.4 Å². The Labute approximate surface area is 106 Å². The highest BCUT2D eigenvalue weighted by Crippen LogP contribution is 2.24. The standard InChI is InChI=1S/C15H28O2/c1-6-14(16)15(17)10-9-13(12(4)5)8-7-11(2)3/h13-17H,2,4,6-10H2,1,3,5H3/t13-,14-,15-/m0/s1. The van der Waals surface area contributed by atoms with Gasteiger partial charge in [0, 0.05) is 0 Å². The molecule has 17 heavy (non-hydrogen) atoms. The fraction of sp³-hybridized carbons (Fsp3) is 0.733. The molecule has 100 valence electrons. The highest BCUT2D eigenvalue weighted by atomic mass is 16.3. The van der Waals surface area contributed by atoms with E-state index in [9.17, 15) is 10.2 Å². The first-order valence-electron chi connectivity index (χ1n) is 6.54. The summed E-state index contributed by atoms with van der Waals surface area (Å²) in [6, 6.07) is 0. The van der Waals surface area contributed by atoms with Gasteiger partial charge in [0.15, 0.2) is 0 Å². The van der Waals surface area contributed by atoms with Gasteiger partial charge in [0.05, 0.1) is 12.2 Å². The molecule has 0 spiro atoms. The zero-order valence-electron chi connectivity index (χ0n) is 11.6. The van der Waals surface area contributed by atoms with Crippen LogP contribution in [-0.2, 0) is 0 Å². The predicted molar refractivity (Wildman–Crippen MR) is 73.9 cm³/mol. The third-order valence-electron chi connectivity index (χ3n) is 3.29. The van der Waals surface area contributed by atoms with E-state index in [0.29, 0.717) is 18.8 Å². The monoisotopic (exact) mass is 240 g/mol. The summed E-state index contributed by atoms with van der Waals surface area (Å²) in [5, 5.41) is 19.2. The second-order valence-electron chi connectivity index (χ2n) is 5.16. The Morgan fingerprint density at radius 2 is 1.59 bits per heavy atom. The maximum absolute atomic E-state index is 9.73. The number of hydrogen-bond donors (Lipinski definition) is 2. The fourth-order valence-electron chi connectivity index (χ4n) is 1.89. The molecular weight excluding hydrogens is 212 g/mol. The van der Waals surface area contributed by atoms with Crippen LogP contribution in [0.5, 0.6) is 0 Å². The van der Waals surface area contributed by atoms with Crippen molar-refractivity contribution in [2.75, 3.05) is 0 Å². The van der Waals surface area contributed by atoms with Crippen molar-refractivity contribution in [3.8, 4) is 0 Å². The summed E-state index contributed by atoms with van der Waals surface area (Å²) in [6.07, 6.45) is 2.98. The minimum atomic E-state index is -0.605. The lowest BCUT2D eigenvalue weighted by atomic mass is 9.88. The van der Waals surface area contributed by atoms with Crippen LogP contribution in [0.4, 0.5) is 0 Å². The number of allylic oxidation sites excluding steroid dienone is 2. The first-order valence-corrected chi connectivity index (χ1v) is 6.54. The van der Waals surface area contributed by atoms with E-state index >= 15 is 0 Å². The Balaban J connectivity index is 4.09. The average Bonchev–Trinajstić information content (AvgIpc) is 2.26. The van der Waals surface area contributed by atoms with E-state index in [0.717, 1.165) is 24.8 Å². The maximum atomic E-state index is 9.73. The van der Waals surface area contributed by atoms with Gasteiger partial charge < -0.3 is 10.2 Å². The molecule has 0 aromatic heterocycles. The van der Waals surface area contributed by atoms with Gasteiger partial charge in [-0.1, -0.05) is 24.6 Å².